The Hall–Kier alpha value is -2.56. The van der Waals surface area contributed by atoms with Crippen molar-refractivity contribution >= 4 is 5.91 Å². The van der Waals surface area contributed by atoms with Gasteiger partial charge in [0.2, 0.25) is 5.56 Å². The van der Waals surface area contributed by atoms with Gasteiger partial charge in [0.1, 0.15) is 5.75 Å². The van der Waals surface area contributed by atoms with Crippen LogP contribution in [0.4, 0.5) is 0 Å². The quantitative estimate of drug-likeness (QED) is 0.872. The highest BCUT2D eigenvalue weighted by Crippen LogP contribution is 2.13. The van der Waals surface area contributed by atoms with E-state index in [1.807, 2.05) is 6.07 Å². The first-order chi connectivity index (χ1) is 9.06. The van der Waals surface area contributed by atoms with Crippen LogP contribution in [0.1, 0.15) is 15.9 Å². The van der Waals surface area contributed by atoms with E-state index >= 15 is 0 Å². The van der Waals surface area contributed by atoms with Crippen LogP contribution in [0, 0.1) is 0 Å². The normalized spacial score (nSPS) is 10.2. The van der Waals surface area contributed by atoms with Gasteiger partial charge in [0.15, 0.2) is 0 Å². The lowest BCUT2D eigenvalue weighted by molar-refractivity contribution is 0.0784. The summed E-state index contributed by atoms with van der Waals surface area (Å²) in [4.78, 5) is 27.2. The Morgan fingerprint density at radius 2 is 2.11 bits per heavy atom. The van der Waals surface area contributed by atoms with Gasteiger partial charge in [-0.2, -0.15) is 0 Å². The molecule has 19 heavy (non-hydrogen) atoms. The summed E-state index contributed by atoms with van der Waals surface area (Å²) in [6.07, 6.45) is 1.44. The van der Waals surface area contributed by atoms with Gasteiger partial charge < -0.3 is 15.0 Å². The summed E-state index contributed by atoms with van der Waals surface area (Å²) in [7, 11) is 1.65. The Bertz CT molecular complexity index is 649. The molecule has 0 aliphatic rings. The number of amides is 1. The molecule has 0 spiro atoms. The molecule has 0 unspecified atom stereocenters. The number of phenolic OH excluding ortho intramolecular Hbond substituents is 1. The van der Waals surface area contributed by atoms with E-state index in [0.29, 0.717) is 12.1 Å². The van der Waals surface area contributed by atoms with Crippen molar-refractivity contribution in [2.45, 2.75) is 6.54 Å². The van der Waals surface area contributed by atoms with Crippen LogP contribution < -0.4 is 5.56 Å². The minimum atomic E-state index is -0.309. The number of pyridine rings is 1. The van der Waals surface area contributed by atoms with Gasteiger partial charge in [-0.15, -0.1) is 0 Å². The molecule has 2 aromatic rings. The average Bonchev–Trinajstić information content (AvgIpc) is 2.38. The van der Waals surface area contributed by atoms with Crippen molar-refractivity contribution < 1.29 is 9.90 Å². The lowest BCUT2D eigenvalue weighted by Crippen LogP contribution is -2.27. The van der Waals surface area contributed by atoms with Crippen molar-refractivity contribution in [3.63, 3.8) is 0 Å². The molecule has 2 N–H and O–H groups in total. The lowest BCUT2D eigenvalue weighted by Gasteiger charge is -2.17. The van der Waals surface area contributed by atoms with E-state index in [2.05, 4.69) is 4.98 Å². The molecule has 0 radical (unpaired) electrons. The molecule has 0 fully saturated rings. The molecule has 98 valence electrons. The topological polar surface area (TPSA) is 73.4 Å². The van der Waals surface area contributed by atoms with Crippen LogP contribution in [0.3, 0.4) is 0 Å². The average molecular weight is 258 g/mol. The summed E-state index contributed by atoms with van der Waals surface area (Å²) >= 11 is 0. The monoisotopic (exact) mass is 258 g/mol. The maximum atomic E-state index is 12.1. The third-order valence-electron chi connectivity index (χ3n) is 2.70. The predicted molar refractivity (Wildman–Crippen MR) is 71.0 cm³/mol. The molecule has 5 nitrogen and oxygen atoms in total. The Morgan fingerprint density at radius 1 is 1.32 bits per heavy atom. The Balaban J connectivity index is 2.14. The van der Waals surface area contributed by atoms with Crippen molar-refractivity contribution in [2.24, 2.45) is 0 Å². The molecule has 1 aromatic heterocycles. The van der Waals surface area contributed by atoms with E-state index in [1.165, 1.54) is 17.2 Å². The van der Waals surface area contributed by atoms with Crippen molar-refractivity contribution in [3.05, 3.63) is 64.1 Å². The highest BCUT2D eigenvalue weighted by Gasteiger charge is 2.12. The maximum Gasteiger partial charge on any atom is 0.254 e. The van der Waals surface area contributed by atoms with Gasteiger partial charge in [0.05, 0.1) is 0 Å². The van der Waals surface area contributed by atoms with Gasteiger partial charge in [0, 0.05) is 31.4 Å². The highest BCUT2D eigenvalue weighted by atomic mass is 16.3. The van der Waals surface area contributed by atoms with Crippen molar-refractivity contribution in [3.8, 4) is 5.75 Å². The second-order valence-corrected chi connectivity index (χ2v) is 4.27. The molecular weight excluding hydrogens is 244 g/mol. The Kier molecular flexibility index (Phi) is 3.66. The summed E-state index contributed by atoms with van der Waals surface area (Å²) in [6.45, 7) is 0.361. The van der Waals surface area contributed by atoms with Gasteiger partial charge in [-0.25, -0.2) is 0 Å². The van der Waals surface area contributed by atoms with E-state index < -0.39 is 0 Å². The molecule has 0 aliphatic heterocycles. The number of nitrogens with zero attached hydrogens (tertiary/aromatic N) is 1. The van der Waals surface area contributed by atoms with Gasteiger partial charge in [0.25, 0.3) is 5.91 Å². The minimum Gasteiger partial charge on any atom is -0.508 e. The van der Waals surface area contributed by atoms with E-state index in [4.69, 9.17) is 0 Å². The van der Waals surface area contributed by atoms with Crippen LogP contribution in [0.5, 0.6) is 5.75 Å². The van der Waals surface area contributed by atoms with E-state index in [-0.39, 0.29) is 17.2 Å². The molecule has 0 atom stereocenters. The predicted octanol–water partition coefficient (Wildman–Crippen LogP) is 1.35. The molecule has 0 bridgehead atoms. The summed E-state index contributed by atoms with van der Waals surface area (Å²) in [5.41, 5.74) is 0.851. The molecule has 5 heteroatoms. The first-order valence-corrected chi connectivity index (χ1v) is 5.78. The van der Waals surface area contributed by atoms with Crippen molar-refractivity contribution in [2.75, 3.05) is 7.05 Å². The van der Waals surface area contributed by atoms with Crippen molar-refractivity contribution in [1.29, 1.82) is 0 Å². The van der Waals surface area contributed by atoms with E-state index in [1.54, 1.807) is 31.3 Å². The Labute approximate surface area is 110 Å². The second-order valence-electron chi connectivity index (χ2n) is 4.27. The van der Waals surface area contributed by atoms with Crippen LogP contribution in [-0.4, -0.2) is 27.9 Å². The van der Waals surface area contributed by atoms with Crippen LogP contribution in [0.2, 0.25) is 0 Å². The largest absolute Gasteiger partial charge is 0.508 e. The van der Waals surface area contributed by atoms with Crippen LogP contribution in [-0.2, 0) is 6.54 Å². The number of aromatic nitrogens is 1. The molecule has 0 saturated heterocycles. The number of rotatable bonds is 3. The molecular formula is C14H14N2O3. The second kappa shape index (κ2) is 5.39. The fraction of sp³-hybridized carbons (Fsp3) is 0.143. The molecule has 0 saturated carbocycles. The lowest BCUT2D eigenvalue weighted by atomic mass is 10.2. The van der Waals surface area contributed by atoms with Crippen LogP contribution in [0.25, 0.3) is 0 Å². The standard InChI is InChI=1S/C14H14N2O3/c1-16(9-10-3-2-4-12(17)7-10)14(19)11-5-6-15-13(18)8-11/h2-8,17H,9H2,1H3,(H,15,18). The molecule has 2 rings (SSSR count). The summed E-state index contributed by atoms with van der Waals surface area (Å²) in [5.74, 6) is -0.0797. The number of benzene rings is 1. The zero-order chi connectivity index (χ0) is 13.8. The SMILES string of the molecule is CN(Cc1cccc(O)c1)C(=O)c1cc[nH]c(=O)c1. The van der Waals surface area contributed by atoms with Gasteiger partial charge in [-0.05, 0) is 23.8 Å². The number of carbonyl (C=O) groups excluding carboxylic acids is 1. The molecule has 1 heterocycles. The minimum absolute atomic E-state index is 0.162. The zero-order valence-corrected chi connectivity index (χ0v) is 10.5. The van der Waals surface area contributed by atoms with Crippen LogP contribution in [0.15, 0.2) is 47.4 Å². The van der Waals surface area contributed by atoms with Crippen molar-refractivity contribution in [1.82, 2.24) is 9.88 Å². The summed E-state index contributed by atoms with van der Waals surface area (Å²) in [6, 6.07) is 9.53. The highest BCUT2D eigenvalue weighted by molar-refractivity contribution is 5.93. The zero-order valence-electron chi connectivity index (χ0n) is 10.5. The number of aromatic hydroxyl groups is 1. The number of aromatic amines is 1. The third kappa shape index (κ3) is 3.22. The first kappa shape index (κ1) is 12.9. The first-order valence-electron chi connectivity index (χ1n) is 5.78. The van der Waals surface area contributed by atoms with E-state index in [9.17, 15) is 14.7 Å². The molecule has 1 aromatic carbocycles. The smallest absolute Gasteiger partial charge is 0.254 e. The van der Waals surface area contributed by atoms with Gasteiger partial charge in [-0.1, -0.05) is 12.1 Å². The van der Waals surface area contributed by atoms with Gasteiger partial charge >= 0.3 is 0 Å². The number of H-pyrrole nitrogens is 1. The van der Waals surface area contributed by atoms with E-state index in [0.717, 1.165) is 5.56 Å². The number of nitrogens with one attached hydrogen (secondary N) is 1. The molecule has 1 amide bonds. The third-order valence-corrected chi connectivity index (χ3v) is 2.70. The Morgan fingerprint density at radius 3 is 2.79 bits per heavy atom. The fourth-order valence-corrected chi connectivity index (χ4v) is 1.80. The summed E-state index contributed by atoms with van der Waals surface area (Å²) < 4.78 is 0. The number of carbonyl (C=O) groups is 1. The number of hydrogen-bond donors (Lipinski definition) is 2. The van der Waals surface area contributed by atoms with Gasteiger partial charge in [-0.3, -0.25) is 9.59 Å². The maximum absolute atomic E-state index is 12.1. The number of hydrogen-bond acceptors (Lipinski definition) is 3. The van der Waals surface area contributed by atoms with Crippen LogP contribution >= 0.6 is 0 Å². The fourth-order valence-electron chi connectivity index (χ4n) is 1.80. The number of phenols is 1. The summed E-state index contributed by atoms with van der Waals surface area (Å²) in [5, 5.41) is 9.37. The molecule has 0 aliphatic carbocycles.